The number of morpholine rings is 1. The zero-order valence-corrected chi connectivity index (χ0v) is 21.1. The molecule has 1 atom stereocenters. The summed E-state index contributed by atoms with van der Waals surface area (Å²) in [5, 5.41) is 18.6. The molecule has 3 N–H and O–H groups in total. The van der Waals surface area contributed by atoms with E-state index in [0.717, 1.165) is 54.5 Å². The summed E-state index contributed by atoms with van der Waals surface area (Å²) in [6.45, 7) is 6.39. The molecule has 0 saturated carbocycles. The van der Waals surface area contributed by atoms with Crippen molar-refractivity contribution in [3.05, 3.63) is 69.4 Å². The van der Waals surface area contributed by atoms with Gasteiger partial charge in [-0.25, -0.2) is 4.98 Å². The van der Waals surface area contributed by atoms with Crippen LogP contribution >= 0.6 is 0 Å². The van der Waals surface area contributed by atoms with E-state index in [-0.39, 0.29) is 17.5 Å². The van der Waals surface area contributed by atoms with Crippen molar-refractivity contribution in [2.24, 2.45) is 0 Å². The third kappa shape index (κ3) is 4.87. The fraction of sp³-hybridized carbons (Fsp3) is 0.385. The first-order valence-corrected chi connectivity index (χ1v) is 12.8. The van der Waals surface area contributed by atoms with Gasteiger partial charge in [-0.1, -0.05) is 5.21 Å². The second kappa shape index (κ2) is 10.3. The van der Waals surface area contributed by atoms with E-state index in [1.165, 1.54) is 0 Å². The van der Waals surface area contributed by atoms with Crippen molar-refractivity contribution in [1.29, 1.82) is 0 Å². The van der Waals surface area contributed by atoms with Crippen molar-refractivity contribution in [3.8, 4) is 0 Å². The number of amides is 1. The van der Waals surface area contributed by atoms with Gasteiger partial charge in [0.05, 0.1) is 24.8 Å². The van der Waals surface area contributed by atoms with E-state index in [0.29, 0.717) is 42.7 Å². The molecule has 0 aliphatic carbocycles. The monoisotopic (exact) mass is 515 g/mol. The Balaban J connectivity index is 1.34. The number of fused-ring (bicyclic) bond motifs is 1. The molecule has 6 rings (SSSR count). The molecular formula is C26H29N9O3. The number of ether oxygens (including phenoxy) is 1. The van der Waals surface area contributed by atoms with Crippen molar-refractivity contribution < 1.29 is 9.53 Å². The van der Waals surface area contributed by atoms with Gasteiger partial charge in [-0.3, -0.25) is 14.5 Å². The predicted molar refractivity (Wildman–Crippen MR) is 141 cm³/mol. The molecule has 1 amide bonds. The first-order chi connectivity index (χ1) is 18.5. The zero-order chi connectivity index (χ0) is 26.1. The van der Waals surface area contributed by atoms with Gasteiger partial charge < -0.3 is 19.9 Å². The number of benzene rings is 1. The van der Waals surface area contributed by atoms with Gasteiger partial charge in [-0.15, -0.1) is 10.2 Å². The molecule has 3 aromatic heterocycles. The highest BCUT2D eigenvalue weighted by Gasteiger charge is 2.33. The number of carbonyl (C=O) groups excluding carboxylic acids is 1. The van der Waals surface area contributed by atoms with Crippen molar-refractivity contribution in [2.45, 2.75) is 32.4 Å². The number of H-pyrrole nitrogens is 2. The second-order valence-electron chi connectivity index (χ2n) is 9.76. The lowest BCUT2D eigenvalue weighted by Crippen LogP contribution is -2.35. The van der Waals surface area contributed by atoms with Crippen molar-refractivity contribution in [2.75, 3.05) is 43.1 Å². The van der Waals surface area contributed by atoms with Crippen LogP contribution in [0.3, 0.4) is 0 Å². The molecule has 1 aromatic carbocycles. The SMILES string of the molecule is Cc1cc(=O)[nH]c2ccc(NC(=O)c3cc(CN4CCOCC4)cnc3N3CCCC3c3nn[nH]n3)cc12. The Morgan fingerprint density at radius 3 is 2.87 bits per heavy atom. The zero-order valence-electron chi connectivity index (χ0n) is 21.1. The lowest BCUT2D eigenvalue weighted by atomic mass is 10.1. The first-order valence-electron chi connectivity index (χ1n) is 12.8. The van der Waals surface area contributed by atoms with Crippen LogP contribution in [0.4, 0.5) is 11.5 Å². The van der Waals surface area contributed by atoms with Crippen LogP contribution in [-0.2, 0) is 11.3 Å². The smallest absolute Gasteiger partial charge is 0.259 e. The number of carbonyl (C=O) groups is 1. The number of hydrogen-bond donors (Lipinski definition) is 3. The highest BCUT2D eigenvalue weighted by atomic mass is 16.5. The van der Waals surface area contributed by atoms with E-state index in [1.807, 2.05) is 25.3 Å². The summed E-state index contributed by atoms with van der Waals surface area (Å²) in [6.07, 6.45) is 3.63. The minimum Gasteiger partial charge on any atom is -0.379 e. The molecule has 2 fully saturated rings. The number of rotatable bonds is 6. The molecule has 0 radical (unpaired) electrons. The number of anilines is 2. The number of aromatic nitrogens is 6. The maximum Gasteiger partial charge on any atom is 0.259 e. The Labute approximate surface area is 218 Å². The Bertz CT molecular complexity index is 1510. The molecule has 2 aliphatic rings. The van der Waals surface area contributed by atoms with E-state index >= 15 is 0 Å². The summed E-state index contributed by atoms with van der Waals surface area (Å²) < 4.78 is 5.48. The lowest BCUT2D eigenvalue weighted by Gasteiger charge is -2.28. The van der Waals surface area contributed by atoms with Crippen molar-refractivity contribution >= 4 is 28.3 Å². The topological polar surface area (TPSA) is 145 Å². The van der Waals surface area contributed by atoms with Gasteiger partial charge in [0.2, 0.25) is 5.56 Å². The molecule has 196 valence electrons. The molecule has 0 bridgehead atoms. The molecule has 0 spiro atoms. The van der Waals surface area contributed by atoms with Crippen molar-refractivity contribution in [1.82, 2.24) is 35.5 Å². The molecule has 5 heterocycles. The van der Waals surface area contributed by atoms with Gasteiger partial charge in [-0.05, 0) is 55.2 Å². The Kier molecular flexibility index (Phi) is 6.56. The number of aryl methyl sites for hydroxylation is 1. The van der Waals surface area contributed by atoms with E-state index < -0.39 is 0 Å². The van der Waals surface area contributed by atoms with Gasteiger partial charge in [0, 0.05) is 55.0 Å². The van der Waals surface area contributed by atoms with Crippen LogP contribution < -0.4 is 15.8 Å². The number of hydrogen-bond acceptors (Lipinski definition) is 9. The van der Waals surface area contributed by atoms with Gasteiger partial charge in [0.15, 0.2) is 5.82 Å². The predicted octanol–water partition coefficient (Wildman–Crippen LogP) is 2.17. The van der Waals surface area contributed by atoms with E-state index in [1.54, 1.807) is 18.2 Å². The average molecular weight is 516 g/mol. The summed E-state index contributed by atoms with van der Waals surface area (Å²) in [7, 11) is 0. The number of nitrogens with zero attached hydrogens (tertiary/aromatic N) is 6. The summed E-state index contributed by atoms with van der Waals surface area (Å²) in [6, 6.07) is 8.84. The Morgan fingerprint density at radius 2 is 2.05 bits per heavy atom. The quantitative estimate of drug-likeness (QED) is 0.352. The number of aromatic amines is 2. The number of pyridine rings is 2. The van der Waals surface area contributed by atoms with Crippen LogP contribution in [0, 0.1) is 6.92 Å². The summed E-state index contributed by atoms with van der Waals surface area (Å²) in [5.41, 5.74) is 3.50. The van der Waals surface area contributed by atoms with Crippen LogP contribution in [-0.4, -0.2) is 74.2 Å². The van der Waals surface area contributed by atoms with Crippen molar-refractivity contribution in [3.63, 3.8) is 0 Å². The van der Waals surface area contributed by atoms with Crippen LogP contribution in [0.1, 0.15) is 46.2 Å². The fourth-order valence-electron chi connectivity index (χ4n) is 5.30. The average Bonchev–Trinajstić information content (AvgIpc) is 3.62. The standard InChI is InChI=1S/C26H29N9O3/c1-16-11-23(36)29-21-5-4-18(13-19(16)21)28-26(37)20-12-17(15-34-7-9-38-10-8-34)14-27-25(20)35-6-2-3-22(35)24-30-32-33-31-24/h4-5,11-14,22H,2-3,6-10,15H2,1H3,(H,28,37)(H,29,36)(H,30,31,32,33). The van der Waals surface area contributed by atoms with Gasteiger partial charge in [0.1, 0.15) is 5.82 Å². The largest absolute Gasteiger partial charge is 0.379 e. The lowest BCUT2D eigenvalue weighted by molar-refractivity contribution is 0.0341. The van der Waals surface area contributed by atoms with Crippen LogP contribution in [0.2, 0.25) is 0 Å². The fourth-order valence-corrected chi connectivity index (χ4v) is 5.30. The normalized spacial score (nSPS) is 18.2. The Morgan fingerprint density at radius 1 is 1.18 bits per heavy atom. The van der Waals surface area contributed by atoms with E-state index in [9.17, 15) is 9.59 Å². The maximum atomic E-state index is 13.8. The second-order valence-corrected chi connectivity index (χ2v) is 9.76. The molecule has 4 aromatic rings. The molecule has 2 aliphatic heterocycles. The van der Waals surface area contributed by atoms with Crippen LogP contribution in [0.25, 0.3) is 10.9 Å². The summed E-state index contributed by atoms with van der Waals surface area (Å²) >= 11 is 0. The molecule has 38 heavy (non-hydrogen) atoms. The van der Waals surface area contributed by atoms with Gasteiger partial charge in [-0.2, -0.15) is 5.21 Å². The highest BCUT2D eigenvalue weighted by Crippen LogP contribution is 2.35. The van der Waals surface area contributed by atoms with Gasteiger partial charge >= 0.3 is 0 Å². The third-order valence-electron chi connectivity index (χ3n) is 7.17. The summed E-state index contributed by atoms with van der Waals surface area (Å²) in [4.78, 5) is 37.7. The maximum absolute atomic E-state index is 13.8. The van der Waals surface area contributed by atoms with E-state index in [4.69, 9.17) is 9.72 Å². The first kappa shape index (κ1) is 24.2. The van der Waals surface area contributed by atoms with Crippen LogP contribution in [0.5, 0.6) is 0 Å². The minimum atomic E-state index is -0.253. The third-order valence-corrected chi connectivity index (χ3v) is 7.17. The van der Waals surface area contributed by atoms with E-state index in [2.05, 4.69) is 40.7 Å². The Hall–Kier alpha value is -4.16. The molecule has 12 nitrogen and oxygen atoms in total. The molecule has 1 unspecified atom stereocenters. The summed E-state index contributed by atoms with van der Waals surface area (Å²) in [5.74, 6) is 0.936. The highest BCUT2D eigenvalue weighted by molar-refractivity contribution is 6.08. The minimum absolute atomic E-state index is 0.113. The molecule has 12 heteroatoms. The van der Waals surface area contributed by atoms with Crippen LogP contribution in [0.15, 0.2) is 41.3 Å². The molecule has 2 saturated heterocycles. The number of tetrazole rings is 1. The van der Waals surface area contributed by atoms with Gasteiger partial charge in [0.25, 0.3) is 5.91 Å². The molecular weight excluding hydrogens is 486 g/mol. The number of nitrogens with one attached hydrogen (secondary N) is 3.